The third-order valence-corrected chi connectivity index (χ3v) is 4.21. The summed E-state index contributed by atoms with van der Waals surface area (Å²) in [6.07, 6.45) is -0.387. The Morgan fingerprint density at radius 2 is 1.64 bits per heavy atom. The van der Waals surface area contributed by atoms with E-state index in [4.69, 9.17) is 14.9 Å². The van der Waals surface area contributed by atoms with Crippen LogP contribution in [0.4, 0.5) is 0 Å². The summed E-state index contributed by atoms with van der Waals surface area (Å²) in [5.41, 5.74) is 2.77. The molecule has 0 spiro atoms. The second-order valence-electron chi connectivity index (χ2n) is 6.36. The molecule has 0 radical (unpaired) electrons. The minimum absolute atomic E-state index is 0.182. The average molecular weight is 385 g/mol. The van der Waals surface area contributed by atoms with E-state index in [0.29, 0.717) is 6.42 Å². The molecule has 28 heavy (non-hydrogen) atoms. The molecule has 1 amide bonds. The number of amides is 1. The molecule has 0 aliphatic carbocycles. The smallest absolute Gasteiger partial charge is 0.305 e. The zero-order valence-corrected chi connectivity index (χ0v) is 15.6. The first-order chi connectivity index (χ1) is 13.4. The molecular weight excluding hydrogens is 362 g/mol. The molecule has 2 rings (SSSR count). The van der Waals surface area contributed by atoms with Crippen LogP contribution in [-0.4, -0.2) is 41.2 Å². The summed E-state index contributed by atoms with van der Waals surface area (Å²) in [4.78, 5) is 33.5. The standard InChI is InChI=1S/C21H23NO6/c1-28-18-5-3-2-4-17(18)15-8-6-14(7-9-15)12-16(13-21(26)27)22-19(23)10-11-20(24)25/h2-9,16H,10-13H2,1H3,(H,22,23)(H,24,25)(H,26,27)/t16-/m1/s1. The highest BCUT2D eigenvalue weighted by Crippen LogP contribution is 2.29. The molecule has 0 fully saturated rings. The summed E-state index contributed by atoms with van der Waals surface area (Å²) in [5.74, 6) is -1.82. The van der Waals surface area contributed by atoms with Gasteiger partial charge in [-0.1, -0.05) is 42.5 Å². The van der Waals surface area contributed by atoms with Crippen LogP contribution in [0.5, 0.6) is 5.75 Å². The van der Waals surface area contributed by atoms with Crippen molar-refractivity contribution in [2.24, 2.45) is 0 Å². The largest absolute Gasteiger partial charge is 0.496 e. The van der Waals surface area contributed by atoms with Gasteiger partial charge in [-0.2, -0.15) is 0 Å². The third kappa shape index (κ3) is 6.42. The van der Waals surface area contributed by atoms with Crippen LogP contribution in [0, 0.1) is 0 Å². The number of nitrogens with one attached hydrogen (secondary N) is 1. The molecule has 3 N–H and O–H groups in total. The number of aliphatic carboxylic acids is 2. The highest BCUT2D eigenvalue weighted by Gasteiger charge is 2.17. The minimum atomic E-state index is -1.07. The zero-order valence-electron chi connectivity index (χ0n) is 15.6. The maximum absolute atomic E-state index is 11.9. The van der Waals surface area contributed by atoms with Crippen molar-refractivity contribution in [2.75, 3.05) is 7.11 Å². The van der Waals surface area contributed by atoms with E-state index in [1.54, 1.807) is 7.11 Å². The Bertz CT molecular complexity index is 831. The molecule has 0 saturated carbocycles. The fourth-order valence-electron chi connectivity index (χ4n) is 2.89. The van der Waals surface area contributed by atoms with Gasteiger partial charge in [-0.3, -0.25) is 14.4 Å². The second kappa shape index (κ2) is 10.1. The molecule has 0 aliphatic rings. The molecule has 148 valence electrons. The molecule has 2 aromatic rings. The first kappa shape index (κ1) is 21.0. The monoisotopic (exact) mass is 385 g/mol. The maximum Gasteiger partial charge on any atom is 0.305 e. The van der Waals surface area contributed by atoms with Crippen molar-refractivity contribution in [1.82, 2.24) is 5.32 Å². The van der Waals surface area contributed by atoms with Gasteiger partial charge in [0, 0.05) is 18.0 Å². The van der Waals surface area contributed by atoms with Crippen LogP contribution in [0.25, 0.3) is 11.1 Å². The molecule has 0 aliphatic heterocycles. The van der Waals surface area contributed by atoms with E-state index in [1.807, 2.05) is 48.5 Å². The number of methoxy groups -OCH3 is 1. The molecule has 7 heteroatoms. The molecule has 7 nitrogen and oxygen atoms in total. The van der Waals surface area contributed by atoms with Crippen molar-refractivity contribution in [3.05, 3.63) is 54.1 Å². The van der Waals surface area contributed by atoms with Crippen molar-refractivity contribution >= 4 is 17.8 Å². The molecule has 1 atom stereocenters. The Morgan fingerprint density at radius 1 is 0.964 bits per heavy atom. The fraction of sp³-hybridized carbons (Fsp3) is 0.286. The Labute approximate surface area is 163 Å². The predicted molar refractivity (Wildman–Crippen MR) is 103 cm³/mol. The molecule has 0 bridgehead atoms. The Morgan fingerprint density at radius 3 is 2.25 bits per heavy atom. The van der Waals surface area contributed by atoms with Crippen molar-refractivity contribution in [2.45, 2.75) is 31.7 Å². The van der Waals surface area contributed by atoms with E-state index in [-0.39, 0.29) is 19.3 Å². The lowest BCUT2D eigenvalue weighted by Gasteiger charge is -2.17. The van der Waals surface area contributed by atoms with Gasteiger partial charge in [-0.25, -0.2) is 0 Å². The number of benzene rings is 2. The summed E-state index contributed by atoms with van der Waals surface area (Å²) in [6.45, 7) is 0. The number of carbonyl (C=O) groups excluding carboxylic acids is 1. The molecule has 0 unspecified atom stereocenters. The summed E-state index contributed by atoms with van der Waals surface area (Å²) >= 11 is 0. The quantitative estimate of drug-likeness (QED) is 0.580. The van der Waals surface area contributed by atoms with Crippen LogP contribution in [0.2, 0.25) is 0 Å². The van der Waals surface area contributed by atoms with E-state index in [9.17, 15) is 14.4 Å². The van der Waals surface area contributed by atoms with Gasteiger partial charge in [-0.15, -0.1) is 0 Å². The van der Waals surface area contributed by atoms with Gasteiger partial charge in [0.25, 0.3) is 0 Å². The van der Waals surface area contributed by atoms with Crippen molar-refractivity contribution in [3.8, 4) is 16.9 Å². The number of rotatable bonds is 10. The van der Waals surface area contributed by atoms with Gasteiger partial charge in [0.1, 0.15) is 5.75 Å². The molecular formula is C21H23NO6. The van der Waals surface area contributed by atoms with Crippen LogP contribution in [0.15, 0.2) is 48.5 Å². The van der Waals surface area contributed by atoms with Gasteiger partial charge in [0.05, 0.1) is 20.0 Å². The number of para-hydroxylation sites is 1. The van der Waals surface area contributed by atoms with E-state index in [0.717, 1.165) is 22.4 Å². The Kier molecular flexibility index (Phi) is 7.56. The van der Waals surface area contributed by atoms with E-state index >= 15 is 0 Å². The SMILES string of the molecule is COc1ccccc1-c1ccc(C[C@H](CC(=O)O)NC(=O)CCC(=O)O)cc1. The van der Waals surface area contributed by atoms with E-state index in [1.165, 1.54) is 0 Å². The normalized spacial score (nSPS) is 11.5. The first-order valence-corrected chi connectivity index (χ1v) is 8.84. The highest BCUT2D eigenvalue weighted by molar-refractivity contribution is 5.81. The topological polar surface area (TPSA) is 113 Å². The lowest BCUT2D eigenvalue weighted by molar-refractivity contribution is -0.140. The van der Waals surface area contributed by atoms with Crippen LogP contribution < -0.4 is 10.1 Å². The first-order valence-electron chi connectivity index (χ1n) is 8.84. The molecule has 0 aromatic heterocycles. The average Bonchev–Trinajstić information content (AvgIpc) is 2.66. The van der Waals surface area contributed by atoms with Gasteiger partial charge in [0.2, 0.25) is 5.91 Å². The molecule has 0 heterocycles. The lowest BCUT2D eigenvalue weighted by atomic mass is 9.98. The van der Waals surface area contributed by atoms with Crippen LogP contribution in [0.3, 0.4) is 0 Å². The lowest BCUT2D eigenvalue weighted by Crippen LogP contribution is -2.38. The maximum atomic E-state index is 11.9. The Balaban J connectivity index is 2.08. The summed E-state index contributed by atoms with van der Waals surface area (Å²) in [6, 6.07) is 14.6. The van der Waals surface area contributed by atoms with Gasteiger partial charge >= 0.3 is 11.9 Å². The van der Waals surface area contributed by atoms with E-state index < -0.39 is 23.9 Å². The number of carboxylic acid groups (broad SMARTS) is 2. The Hall–Kier alpha value is -3.35. The highest BCUT2D eigenvalue weighted by atomic mass is 16.5. The second-order valence-corrected chi connectivity index (χ2v) is 6.36. The zero-order chi connectivity index (χ0) is 20.5. The van der Waals surface area contributed by atoms with Crippen LogP contribution in [-0.2, 0) is 20.8 Å². The summed E-state index contributed by atoms with van der Waals surface area (Å²) < 4.78 is 5.37. The number of hydrogen-bond acceptors (Lipinski definition) is 4. The van der Waals surface area contributed by atoms with Crippen LogP contribution >= 0.6 is 0 Å². The van der Waals surface area contributed by atoms with Gasteiger partial charge < -0.3 is 20.3 Å². The number of ether oxygens (including phenoxy) is 1. The summed E-state index contributed by atoms with van der Waals surface area (Å²) in [7, 11) is 1.61. The fourth-order valence-corrected chi connectivity index (χ4v) is 2.89. The minimum Gasteiger partial charge on any atom is -0.496 e. The van der Waals surface area contributed by atoms with Crippen molar-refractivity contribution < 1.29 is 29.3 Å². The molecule has 0 saturated heterocycles. The summed E-state index contributed by atoms with van der Waals surface area (Å²) in [5, 5.41) is 20.3. The third-order valence-electron chi connectivity index (χ3n) is 4.21. The van der Waals surface area contributed by atoms with E-state index in [2.05, 4.69) is 5.32 Å². The van der Waals surface area contributed by atoms with Crippen molar-refractivity contribution in [3.63, 3.8) is 0 Å². The van der Waals surface area contributed by atoms with Crippen LogP contribution in [0.1, 0.15) is 24.8 Å². The number of carboxylic acids is 2. The number of hydrogen-bond donors (Lipinski definition) is 3. The molecule has 2 aromatic carbocycles. The van der Waals surface area contributed by atoms with Gasteiger partial charge in [-0.05, 0) is 23.6 Å². The number of carbonyl (C=O) groups is 3. The van der Waals surface area contributed by atoms with Crippen molar-refractivity contribution in [1.29, 1.82) is 0 Å². The predicted octanol–water partition coefficient (Wildman–Crippen LogP) is 2.73. The van der Waals surface area contributed by atoms with Gasteiger partial charge in [0.15, 0.2) is 0 Å².